The molecule has 128 valence electrons. The summed E-state index contributed by atoms with van der Waals surface area (Å²) < 4.78 is 16.0. The second kappa shape index (κ2) is 8.24. The second-order valence-electron chi connectivity index (χ2n) is 5.28. The number of aliphatic carboxylic acids is 1. The minimum absolute atomic E-state index is 0.346. The molecule has 0 saturated heterocycles. The van der Waals surface area contributed by atoms with Crippen LogP contribution in [0.2, 0.25) is 0 Å². The van der Waals surface area contributed by atoms with Crippen molar-refractivity contribution in [2.24, 2.45) is 0 Å². The average Bonchev–Trinajstić information content (AvgIpc) is 2.59. The normalized spacial score (nSPS) is 11.6. The number of benzene rings is 2. The van der Waals surface area contributed by atoms with E-state index in [1.54, 1.807) is 25.3 Å². The fourth-order valence-corrected chi connectivity index (χ4v) is 2.60. The number of hydrogen-bond acceptors (Lipinski definition) is 4. The van der Waals surface area contributed by atoms with Crippen LogP contribution in [-0.2, 0) is 11.2 Å². The summed E-state index contributed by atoms with van der Waals surface area (Å²) in [6, 6.07) is 12.7. The Kier molecular flexibility index (Phi) is 6.07. The highest BCUT2D eigenvalue weighted by Gasteiger charge is 2.24. The van der Waals surface area contributed by atoms with Crippen LogP contribution in [0, 0.1) is 0 Å². The minimum atomic E-state index is -0.903. The zero-order valence-electron chi connectivity index (χ0n) is 14.1. The Morgan fingerprint density at radius 2 is 1.88 bits per heavy atom. The Balaban J connectivity index is 2.33. The lowest BCUT2D eigenvalue weighted by Gasteiger charge is -2.17. The maximum absolute atomic E-state index is 11.8. The molecule has 1 unspecified atom stereocenters. The Morgan fingerprint density at radius 1 is 1.08 bits per heavy atom. The number of hydrogen-bond donors (Lipinski definition) is 1. The Morgan fingerprint density at radius 3 is 2.50 bits per heavy atom. The average molecular weight is 330 g/mol. The van der Waals surface area contributed by atoms with Crippen molar-refractivity contribution in [3.8, 4) is 17.2 Å². The lowest BCUT2D eigenvalue weighted by Crippen LogP contribution is -2.15. The fraction of sp³-hybridized carbons (Fsp3) is 0.316. The van der Waals surface area contributed by atoms with Crippen molar-refractivity contribution in [1.29, 1.82) is 0 Å². The van der Waals surface area contributed by atoms with Crippen molar-refractivity contribution >= 4 is 5.97 Å². The number of carboxylic acid groups (broad SMARTS) is 1. The molecule has 0 saturated carbocycles. The standard InChI is InChI=1S/C19H22O5/c1-4-24-15-7-5-6-13(10-15)11-17(19(20)21)16-9-8-14(22-2)12-18(16)23-3/h5-10,12,17H,4,11H2,1-3H3,(H,20,21). The Labute approximate surface area is 141 Å². The molecule has 0 aliphatic carbocycles. The lowest BCUT2D eigenvalue weighted by molar-refractivity contribution is -0.138. The SMILES string of the molecule is CCOc1cccc(CC(C(=O)O)c2ccc(OC)cc2OC)c1. The summed E-state index contributed by atoms with van der Waals surface area (Å²) in [5.74, 6) is 0.240. The molecule has 0 aliphatic heterocycles. The summed E-state index contributed by atoms with van der Waals surface area (Å²) in [5, 5.41) is 9.69. The van der Waals surface area contributed by atoms with E-state index in [1.165, 1.54) is 7.11 Å². The van der Waals surface area contributed by atoms with Crippen LogP contribution in [0.3, 0.4) is 0 Å². The van der Waals surface area contributed by atoms with Gasteiger partial charge in [-0.05, 0) is 37.1 Å². The molecule has 0 aliphatic rings. The number of methoxy groups -OCH3 is 2. The summed E-state index contributed by atoms with van der Waals surface area (Å²) in [6.07, 6.45) is 0.346. The number of carboxylic acids is 1. The predicted molar refractivity (Wildman–Crippen MR) is 91.2 cm³/mol. The van der Waals surface area contributed by atoms with Gasteiger partial charge in [0.25, 0.3) is 0 Å². The summed E-state index contributed by atoms with van der Waals surface area (Å²) >= 11 is 0. The van der Waals surface area contributed by atoms with E-state index < -0.39 is 11.9 Å². The fourth-order valence-electron chi connectivity index (χ4n) is 2.60. The molecule has 1 N–H and O–H groups in total. The third-order valence-corrected chi connectivity index (χ3v) is 3.76. The topological polar surface area (TPSA) is 65.0 Å². The lowest BCUT2D eigenvalue weighted by atomic mass is 9.91. The second-order valence-corrected chi connectivity index (χ2v) is 5.28. The first-order chi connectivity index (χ1) is 11.6. The smallest absolute Gasteiger partial charge is 0.311 e. The molecule has 24 heavy (non-hydrogen) atoms. The molecule has 5 nitrogen and oxygen atoms in total. The van der Waals surface area contributed by atoms with Crippen LogP contribution in [0.1, 0.15) is 24.0 Å². The van der Waals surface area contributed by atoms with Gasteiger partial charge in [0.1, 0.15) is 17.2 Å². The highest BCUT2D eigenvalue weighted by atomic mass is 16.5. The van der Waals surface area contributed by atoms with E-state index >= 15 is 0 Å². The molecule has 2 rings (SSSR count). The number of ether oxygens (including phenoxy) is 3. The van der Waals surface area contributed by atoms with Gasteiger partial charge in [-0.25, -0.2) is 0 Å². The summed E-state index contributed by atoms with van der Waals surface area (Å²) in [7, 11) is 3.08. The van der Waals surface area contributed by atoms with Crippen LogP contribution in [0.4, 0.5) is 0 Å². The summed E-state index contributed by atoms with van der Waals surface area (Å²) in [4.78, 5) is 11.8. The van der Waals surface area contributed by atoms with E-state index in [2.05, 4.69) is 0 Å². The molecule has 0 fully saturated rings. The van der Waals surface area contributed by atoms with Gasteiger partial charge in [0.15, 0.2) is 0 Å². The van der Waals surface area contributed by atoms with Gasteiger partial charge in [-0.15, -0.1) is 0 Å². The third kappa shape index (κ3) is 4.19. The quantitative estimate of drug-likeness (QED) is 0.802. The highest BCUT2D eigenvalue weighted by molar-refractivity contribution is 5.78. The Hall–Kier alpha value is -2.69. The molecule has 0 heterocycles. The van der Waals surface area contributed by atoms with Gasteiger partial charge in [-0.2, -0.15) is 0 Å². The molecule has 0 bridgehead atoms. The monoisotopic (exact) mass is 330 g/mol. The summed E-state index contributed by atoms with van der Waals surface area (Å²) in [5.41, 5.74) is 1.51. The van der Waals surface area contributed by atoms with Gasteiger partial charge in [-0.3, -0.25) is 4.79 Å². The molecule has 1 atom stereocenters. The van der Waals surface area contributed by atoms with Crippen LogP contribution in [0.5, 0.6) is 17.2 Å². The van der Waals surface area contributed by atoms with Crippen LogP contribution in [-0.4, -0.2) is 31.9 Å². The van der Waals surface area contributed by atoms with Gasteiger partial charge in [0, 0.05) is 11.6 Å². The van der Waals surface area contributed by atoms with Crippen molar-refractivity contribution in [2.45, 2.75) is 19.3 Å². The van der Waals surface area contributed by atoms with E-state index in [0.717, 1.165) is 11.3 Å². The van der Waals surface area contributed by atoms with E-state index in [1.807, 2.05) is 31.2 Å². The van der Waals surface area contributed by atoms with Crippen molar-refractivity contribution in [1.82, 2.24) is 0 Å². The first-order valence-corrected chi connectivity index (χ1v) is 7.75. The minimum Gasteiger partial charge on any atom is -0.497 e. The van der Waals surface area contributed by atoms with Gasteiger partial charge < -0.3 is 19.3 Å². The van der Waals surface area contributed by atoms with Gasteiger partial charge in [0.2, 0.25) is 0 Å². The number of carbonyl (C=O) groups is 1. The van der Waals surface area contributed by atoms with Crippen molar-refractivity contribution < 1.29 is 24.1 Å². The third-order valence-electron chi connectivity index (χ3n) is 3.76. The number of rotatable bonds is 8. The molecule has 0 amide bonds. The van der Waals surface area contributed by atoms with Crippen molar-refractivity contribution in [2.75, 3.05) is 20.8 Å². The van der Waals surface area contributed by atoms with E-state index in [0.29, 0.717) is 30.1 Å². The Bertz CT molecular complexity index is 696. The van der Waals surface area contributed by atoms with Crippen molar-refractivity contribution in [3.63, 3.8) is 0 Å². The van der Waals surface area contributed by atoms with Crippen LogP contribution in [0.25, 0.3) is 0 Å². The molecular weight excluding hydrogens is 308 g/mol. The van der Waals surface area contributed by atoms with E-state index in [-0.39, 0.29) is 0 Å². The van der Waals surface area contributed by atoms with Crippen LogP contribution < -0.4 is 14.2 Å². The first kappa shape index (κ1) is 17.7. The zero-order valence-corrected chi connectivity index (χ0v) is 14.1. The maximum atomic E-state index is 11.8. The van der Waals surface area contributed by atoms with Gasteiger partial charge in [0.05, 0.1) is 26.7 Å². The van der Waals surface area contributed by atoms with Crippen LogP contribution >= 0.6 is 0 Å². The molecule has 2 aromatic rings. The molecule has 5 heteroatoms. The first-order valence-electron chi connectivity index (χ1n) is 7.75. The molecule has 2 aromatic carbocycles. The zero-order chi connectivity index (χ0) is 17.5. The maximum Gasteiger partial charge on any atom is 0.311 e. The van der Waals surface area contributed by atoms with E-state index in [9.17, 15) is 9.90 Å². The largest absolute Gasteiger partial charge is 0.497 e. The van der Waals surface area contributed by atoms with Gasteiger partial charge in [-0.1, -0.05) is 18.2 Å². The predicted octanol–water partition coefficient (Wildman–Crippen LogP) is 3.51. The molecular formula is C19H22O5. The van der Waals surface area contributed by atoms with E-state index in [4.69, 9.17) is 14.2 Å². The molecule has 0 radical (unpaired) electrons. The van der Waals surface area contributed by atoms with Crippen LogP contribution in [0.15, 0.2) is 42.5 Å². The van der Waals surface area contributed by atoms with Crippen molar-refractivity contribution in [3.05, 3.63) is 53.6 Å². The highest BCUT2D eigenvalue weighted by Crippen LogP contribution is 2.33. The van der Waals surface area contributed by atoms with Gasteiger partial charge >= 0.3 is 5.97 Å². The summed E-state index contributed by atoms with van der Waals surface area (Å²) in [6.45, 7) is 2.48. The molecule has 0 aromatic heterocycles. The molecule has 0 spiro atoms.